The smallest absolute Gasteiger partial charge is 0.257 e. The Morgan fingerprint density at radius 3 is 2.89 bits per heavy atom. The summed E-state index contributed by atoms with van der Waals surface area (Å²) in [4.78, 5) is 27.7. The van der Waals surface area contributed by atoms with Gasteiger partial charge in [0.25, 0.3) is 11.6 Å². The maximum absolute atomic E-state index is 12.8. The van der Waals surface area contributed by atoms with E-state index in [9.17, 15) is 4.79 Å². The molecule has 1 N–H and O–H groups in total. The maximum Gasteiger partial charge on any atom is 0.257 e. The predicted molar refractivity (Wildman–Crippen MR) is 101 cm³/mol. The highest BCUT2D eigenvalue weighted by Gasteiger charge is 2.24. The van der Waals surface area contributed by atoms with Crippen LogP contribution in [-0.2, 0) is 0 Å². The second kappa shape index (κ2) is 7.30. The number of nitrogens with zero attached hydrogens (tertiary/aromatic N) is 5. The van der Waals surface area contributed by atoms with Gasteiger partial charge in [-0.2, -0.15) is 0 Å². The third-order valence-electron chi connectivity index (χ3n) is 4.76. The van der Waals surface area contributed by atoms with Gasteiger partial charge < -0.3 is 14.7 Å². The molecule has 8 heteroatoms. The van der Waals surface area contributed by atoms with Crippen molar-refractivity contribution in [2.45, 2.75) is 38.6 Å². The minimum absolute atomic E-state index is 0.0396. The number of hydrogen-bond donors (Lipinski definition) is 1. The van der Waals surface area contributed by atoms with E-state index in [1.165, 1.54) is 6.20 Å². The zero-order chi connectivity index (χ0) is 18.8. The lowest BCUT2D eigenvalue weighted by atomic mass is 10.0. The van der Waals surface area contributed by atoms with E-state index in [-0.39, 0.29) is 17.9 Å². The average molecular weight is 366 g/mol. The number of carbonyl (C=O) groups excluding carboxylic acids is 1. The lowest BCUT2D eigenvalue weighted by Gasteiger charge is -2.33. The Balaban J connectivity index is 1.48. The number of carbonyl (C=O) groups is 1. The van der Waals surface area contributed by atoms with E-state index in [1.807, 2.05) is 19.9 Å². The number of piperidine rings is 1. The molecule has 140 valence electrons. The van der Waals surface area contributed by atoms with Crippen molar-refractivity contribution in [2.75, 3.05) is 18.0 Å². The molecule has 1 aliphatic rings. The molecule has 8 nitrogen and oxygen atoms in total. The fraction of sp³-hybridized carbons (Fsp3) is 0.421. The molecule has 1 aliphatic heterocycles. The summed E-state index contributed by atoms with van der Waals surface area (Å²) in [7, 11) is 0. The molecule has 3 aromatic rings. The number of amides is 1. The maximum atomic E-state index is 12.8. The van der Waals surface area contributed by atoms with Gasteiger partial charge in [-0.25, -0.2) is 15.0 Å². The second-order valence-corrected chi connectivity index (χ2v) is 7.11. The molecule has 4 heterocycles. The first kappa shape index (κ1) is 17.4. The summed E-state index contributed by atoms with van der Waals surface area (Å²) >= 11 is 0. The predicted octanol–water partition coefficient (Wildman–Crippen LogP) is 2.54. The SMILES string of the molecule is CC(C)c1noc2ncc(C(=O)N[C@H]3CCCN(c4ncccn4)C3)cc12. The molecule has 0 aliphatic carbocycles. The van der Waals surface area contributed by atoms with Gasteiger partial charge in [0.05, 0.1) is 16.6 Å². The highest BCUT2D eigenvalue weighted by molar-refractivity contribution is 5.97. The normalized spacial score (nSPS) is 17.4. The molecule has 27 heavy (non-hydrogen) atoms. The van der Waals surface area contributed by atoms with Crippen LogP contribution >= 0.6 is 0 Å². The highest BCUT2D eigenvalue weighted by atomic mass is 16.5. The summed E-state index contributed by atoms with van der Waals surface area (Å²) in [6.07, 6.45) is 6.90. The first-order valence-electron chi connectivity index (χ1n) is 9.20. The van der Waals surface area contributed by atoms with Crippen LogP contribution in [0.3, 0.4) is 0 Å². The summed E-state index contributed by atoms with van der Waals surface area (Å²) in [6, 6.07) is 3.65. The van der Waals surface area contributed by atoms with Crippen LogP contribution in [0, 0.1) is 0 Å². The van der Waals surface area contributed by atoms with Crippen LogP contribution in [0.15, 0.2) is 35.2 Å². The number of rotatable bonds is 4. The van der Waals surface area contributed by atoms with E-state index >= 15 is 0 Å². The summed E-state index contributed by atoms with van der Waals surface area (Å²) in [5.41, 5.74) is 1.79. The topological polar surface area (TPSA) is 97.0 Å². The van der Waals surface area contributed by atoms with Gasteiger partial charge in [-0.05, 0) is 30.9 Å². The van der Waals surface area contributed by atoms with Crippen molar-refractivity contribution in [1.82, 2.24) is 25.4 Å². The molecular weight excluding hydrogens is 344 g/mol. The molecule has 1 saturated heterocycles. The standard InChI is InChI=1S/C19H22N6O2/c1-12(2)16-15-9-13(10-22-18(15)27-24-16)17(26)23-14-5-3-8-25(11-14)19-20-6-4-7-21-19/h4,6-7,9-10,12,14H,3,5,8,11H2,1-2H3,(H,23,26)/t14-/m0/s1. The summed E-state index contributed by atoms with van der Waals surface area (Å²) < 4.78 is 5.24. The minimum atomic E-state index is -0.138. The molecule has 1 fully saturated rings. The Hall–Kier alpha value is -3.03. The third kappa shape index (κ3) is 3.60. The second-order valence-electron chi connectivity index (χ2n) is 7.11. The van der Waals surface area contributed by atoms with Crippen molar-refractivity contribution in [3.05, 3.63) is 42.0 Å². The van der Waals surface area contributed by atoms with Crippen molar-refractivity contribution in [3.8, 4) is 0 Å². The van der Waals surface area contributed by atoms with Gasteiger partial charge in [-0.1, -0.05) is 19.0 Å². The van der Waals surface area contributed by atoms with Crippen LogP contribution in [0.1, 0.15) is 48.7 Å². The summed E-state index contributed by atoms with van der Waals surface area (Å²) in [6.45, 7) is 5.65. The lowest BCUT2D eigenvalue weighted by molar-refractivity contribution is 0.0933. The van der Waals surface area contributed by atoms with Gasteiger partial charge >= 0.3 is 0 Å². The third-order valence-corrected chi connectivity index (χ3v) is 4.76. The van der Waals surface area contributed by atoms with Crippen LogP contribution in [-0.4, -0.2) is 45.1 Å². The quantitative estimate of drug-likeness (QED) is 0.758. The van der Waals surface area contributed by atoms with Crippen LogP contribution in [0.25, 0.3) is 11.1 Å². The number of anilines is 1. The Bertz CT molecular complexity index is 940. The molecule has 4 rings (SSSR count). The largest absolute Gasteiger partial charge is 0.347 e. The Morgan fingerprint density at radius 1 is 1.30 bits per heavy atom. The zero-order valence-corrected chi connectivity index (χ0v) is 15.4. The van der Waals surface area contributed by atoms with E-state index in [4.69, 9.17) is 4.52 Å². The van der Waals surface area contributed by atoms with Crippen LogP contribution < -0.4 is 10.2 Å². The minimum Gasteiger partial charge on any atom is -0.347 e. The van der Waals surface area contributed by atoms with E-state index < -0.39 is 0 Å². The van der Waals surface area contributed by atoms with Crippen molar-refractivity contribution in [1.29, 1.82) is 0 Å². The molecule has 0 spiro atoms. The van der Waals surface area contributed by atoms with Gasteiger partial charge in [-0.15, -0.1) is 0 Å². The van der Waals surface area contributed by atoms with Crippen LogP contribution in [0.2, 0.25) is 0 Å². The molecule has 1 amide bonds. The first-order chi connectivity index (χ1) is 13.1. The fourth-order valence-electron chi connectivity index (χ4n) is 3.39. The molecule has 0 unspecified atom stereocenters. The van der Waals surface area contributed by atoms with Crippen LogP contribution in [0.5, 0.6) is 0 Å². The number of hydrogen-bond acceptors (Lipinski definition) is 7. The van der Waals surface area contributed by atoms with Crippen molar-refractivity contribution in [3.63, 3.8) is 0 Å². The molecule has 0 aromatic carbocycles. The average Bonchev–Trinajstić information content (AvgIpc) is 3.12. The number of pyridine rings is 1. The fourth-order valence-corrected chi connectivity index (χ4v) is 3.39. The number of nitrogens with one attached hydrogen (secondary N) is 1. The Labute approximate surface area is 157 Å². The molecule has 0 saturated carbocycles. The molecule has 0 bridgehead atoms. The number of aromatic nitrogens is 4. The molecular formula is C19H22N6O2. The van der Waals surface area contributed by atoms with Gasteiger partial charge in [0, 0.05) is 37.7 Å². The zero-order valence-electron chi connectivity index (χ0n) is 15.4. The molecule has 1 atom stereocenters. The van der Waals surface area contributed by atoms with E-state index in [0.717, 1.165) is 30.5 Å². The van der Waals surface area contributed by atoms with Gasteiger partial charge in [0.1, 0.15) is 0 Å². The van der Waals surface area contributed by atoms with Crippen molar-refractivity contribution in [2.24, 2.45) is 0 Å². The van der Waals surface area contributed by atoms with Crippen molar-refractivity contribution < 1.29 is 9.32 Å². The van der Waals surface area contributed by atoms with E-state index in [0.29, 0.717) is 23.8 Å². The highest BCUT2D eigenvalue weighted by Crippen LogP contribution is 2.24. The van der Waals surface area contributed by atoms with Crippen LogP contribution in [0.4, 0.5) is 5.95 Å². The lowest BCUT2D eigenvalue weighted by Crippen LogP contribution is -2.48. The van der Waals surface area contributed by atoms with E-state index in [2.05, 4.69) is 30.3 Å². The van der Waals surface area contributed by atoms with Gasteiger partial charge in [-0.3, -0.25) is 4.79 Å². The summed E-state index contributed by atoms with van der Waals surface area (Å²) in [5, 5.41) is 7.97. The molecule has 3 aromatic heterocycles. The Kier molecular flexibility index (Phi) is 4.70. The van der Waals surface area contributed by atoms with Gasteiger partial charge in [0.15, 0.2) is 0 Å². The van der Waals surface area contributed by atoms with E-state index in [1.54, 1.807) is 18.5 Å². The van der Waals surface area contributed by atoms with Gasteiger partial charge in [0.2, 0.25) is 5.95 Å². The summed E-state index contributed by atoms with van der Waals surface area (Å²) in [5.74, 6) is 0.760. The number of fused-ring (bicyclic) bond motifs is 1. The molecule has 0 radical (unpaired) electrons. The Morgan fingerprint density at radius 2 is 2.11 bits per heavy atom. The first-order valence-corrected chi connectivity index (χ1v) is 9.20. The van der Waals surface area contributed by atoms with Crippen molar-refractivity contribution >= 4 is 23.0 Å². The monoisotopic (exact) mass is 366 g/mol.